The lowest BCUT2D eigenvalue weighted by atomic mass is 9.80. The summed E-state index contributed by atoms with van der Waals surface area (Å²) in [5, 5.41) is 7.99. The van der Waals surface area contributed by atoms with Crippen LogP contribution in [0.2, 0.25) is 0 Å². The van der Waals surface area contributed by atoms with Crippen LogP contribution in [0.3, 0.4) is 0 Å². The Morgan fingerprint density at radius 1 is 1.09 bits per heavy atom. The van der Waals surface area contributed by atoms with Crippen molar-refractivity contribution in [2.45, 2.75) is 32.1 Å². The standard InChI is InChI=1S/C17H25N3O2/c1-18-15(21)12-19-16(22)20-13-17(9-5-6-10-17)11-14-7-3-2-4-8-14/h2-4,7-8H,5-6,9-13H2,1H3,(H,18,21)(H2,19,20,22). The lowest BCUT2D eigenvalue weighted by Gasteiger charge is -2.29. The van der Waals surface area contributed by atoms with Gasteiger partial charge in [-0.15, -0.1) is 0 Å². The van der Waals surface area contributed by atoms with Crippen molar-refractivity contribution in [2.75, 3.05) is 20.1 Å². The average Bonchev–Trinajstić information content (AvgIpc) is 3.00. The highest BCUT2D eigenvalue weighted by Crippen LogP contribution is 2.40. The van der Waals surface area contributed by atoms with Crippen LogP contribution in [0.25, 0.3) is 0 Å². The van der Waals surface area contributed by atoms with Crippen LogP contribution in [0, 0.1) is 5.41 Å². The van der Waals surface area contributed by atoms with Crippen molar-refractivity contribution < 1.29 is 9.59 Å². The molecule has 3 amide bonds. The maximum Gasteiger partial charge on any atom is 0.315 e. The van der Waals surface area contributed by atoms with Crippen molar-refractivity contribution in [3.63, 3.8) is 0 Å². The Bertz CT molecular complexity index is 496. The molecule has 0 spiro atoms. The van der Waals surface area contributed by atoms with Gasteiger partial charge in [0.1, 0.15) is 0 Å². The number of benzene rings is 1. The second-order valence-corrected chi connectivity index (χ2v) is 6.08. The molecule has 1 saturated carbocycles. The topological polar surface area (TPSA) is 70.2 Å². The van der Waals surface area contributed by atoms with E-state index in [2.05, 4.69) is 40.2 Å². The normalized spacial score (nSPS) is 16.0. The quantitative estimate of drug-likeness (QED) is 0.750. The Kier molecular flexibility index (Phi) is 5.81. The third-order valence-electron chi connectivity index (χ3n) is 4.40. The summed E-state index contributed by atoms with van der Waals surface area (Å²) in [4.78, 5) is 22.9. The molecule has 120 valence electrons. The Hall–Kier alpha value is -2.04. The minimum Gasteiger partial charge on any atom is -0.358 e. The highest BCUT2D eigenvalue weighted by Gasteiger charge is 2.34. The molecule has 1 aliphatic carbocycles. The van der Waals surface area contributed by atoms with Gasteiger partial charge in [-0.25, -0.2) is 4.79 Å². The van der Waals surface area contributed by atoms with Crippen LogP contribution >= 0.6 is 0 Å². The summed E-state index contributed by atoms with van der Waals surface area (Å²) in [5.41, 5.74) is 1.46. The highest BCUT2D eigenvalue weighted by molar-refractivity contribution is 5.83. The van der Waals surface area contributed by atoms with Crippen molar-refractivity contribution in [3.8, 4) is 0 Å². The van der Waals surface area contributed by atoms with Gasteiger partial charge in [-0.3, -0.25) is 4.79 Å². The number of carbonyl (C=O) groups is 2. The lowest BCUT2D eigenvalue weighted by molar-refractivity contribution is -0.119. The van der Waals surface area contributed by atoms with E-state index in [1.807, 2.05) is 6.07 Å². The van der Waals surface area contributed by atoms with Gasteiger partial charge in [-0.2, -0.15) is 0 Å². The van der Waals surface area contributed by atoms with Gasteiger partial charge in [-0.1, -0.05) is 43.2 Å². The highest BCUT2D eigenvalue weighted by atomic mass is 16.2. The third-order valence-corrected chi connectivity index (χ3v) is 4.40. The summed E-state index contributed by atoms with van der Waals surface area (Å²) in [6, 6.07) is 10.2. The molecule has 0 bridgehead atoms. The molecule has 1 aliphatic rings. The molecule has 0 radical (unpaired) electrons. The summed E-state index contributed by atoms with van der Waals surface area (Å²) < 4.78 is 0. The zero-order valence-electron chi connectivity index (χ0n) is 13.2. The van der Waals surface area contributed by atoms with Crippen LogP contribution in [-0.4, -0.2) is 32.1 Å². The van der Waals surface area contributed by atoms with Crippen molar-refractivity contribution in [2.24, 2.45) is 5.41 Å². The largest absolute Gasteiger partial charge is 0.358 e. The Balaban J connectivity index is 1.86. The smallest absolute Gasteiger partial charge is 0.315 e. The molecule has 0 unspecified atom stereocenters. The number of hydrogen-bond acceptors (Lipinski definition) is 2. The van der Waals surface area contributed by atoms with E-state index in [4.69, 9.17) is 0 Å². The molecule has 1 fully saturated rings. The third kappa shape index (κ3) is 4.76. The van der Waals surface area contributed by atoms with Crippen LogP contribution in [0.1, 0.15) is 31.2 Å². The van der Waals surface area contributed by atoms with Gasteiger partial charge >= 0.3 is 6.03 Å². The monoisotopic (exact) mass is 303 g/mol. The molecule has 0 atom stereocenters. The predicted molar refractivity (Wildman–Crippen MR) is 86.5 cm³/mol. The molecule has 0 saturated heterocycles. The minimum atomic E-state index is -0.275. The van der Waals surface area contributed by atoms with Gasteiger partial charge in [0.05, 0.1) is 6.54 Å². The minimum absolute atomic E-state index is 0.00795. The van der Waals surface area contributed by atoms with Gasteiger partial charge in [0.2, 0.25) is 5.91 Å². The number of nitrogens with one attached hydrogen (secondary N) is 3. The summed E-state index contributed by atoms with van der Waals surface area (Å²) in [6.45, 7) is 0.662. The first-order valence-electron chi connectivity index (χ1n) is 7.90. The molecule has 1 aromatic rings. The second-order valence-electron chi connectivity index (χ2n) is 6.08. The average molecular weight is 303 g/mol. The molecule has 0 aliphatic heterocycles. The molecule has 0 heterocycles. The lowest BCUT2D eigenvalue weighted by Crippen LogP contribution is -2.45. The maximum atomic E-state index is 11.8. The van der Waals surface area contributed by atoms with Crippen molar-refractivity contribution in [3.05, 3.63) is 35.9 Å². The number of carbonyl (C=O) groups excluding carboxylic acids is 2. The Labute approximate surface area is 131 Å². The molecule has 5 heteroatoms. The number of rotatable bonds is 6. The first-order chi connectivity index (χ1) is 10.6. The van der Waals surface area contributed by atoms with E-state index in [1.165, 1.54) is 18.4 Å². The first-order valence-corrected chi connectivity index (χ1v) is 7.90. The van der Waals surface area contributed by atoms with Crippen LogP contribution < -0.4 is 16.0 Å². The Morgan fingerprint density at radius 3 is 2.41 bits per heavy atom. The molecule has 5 nitrogen and oxygen atoms in total. The van der Waals surface area contributed by atoms with E-state index >= 15 is 0 Å². The van der Waals surface area contributed by atoms with Crippen molar-refractivity contribution >= 4 is 11.9 Å². The molecular formula is C17H25N3O2. The van der Waals surface area contributed by atoms with Crippen LogP contribution in [-0.2, 0) is 11.2 Å². The fourth-order valence-electron chi connectivity index (χ4n) is 3.15. The van der Waals surface area contributed by atoms with Crippen LogP contribution in [0.15, 0.2) is 30.3 Å². The molecule has 2 rings (SSSR count). The number of hydrogen-bond donors (Lipinski definition) is 3. The van der Waals surface area contributed by atoms with E-state index in [1.54, 1.807) is 7.05 Å². The molecule has 3 N–H and O–H groups in total. The zero-order valence-corrected chi connectivity index (χ0v) is 13.2. The summed E-state index contributed by atoms with van der Waals surface area (Å²) in [5.74, 6) is -0.199. The number of urea groups is 1. The molecule has 22 heavy (non-hydrogen) atoms. The van der Waals surface area contributed by atoms with E-state index < -0.39 is 0 Å². The fourth-order valence-corrected chi connectivity index (χ4v) is 3.15. The van der Waals surface area contributed by atoms with Crippen LogP contribution in [0.5, 0.6) is 0 Å². The number of amides is 3. The summed E-state index contributed by atoms with van der Waals surface area (Å²) >= 11 is 0. The van der Waals surface area contributed by atoms with Gasteiger partial charge < -0.3 is 16.0 Å². The second kappa shape index (κ2) is 7.82. The zero-order chi connectivity index (χ0) is 15.8. The first kappa shape index (κ1) is 16.3. The van der Waals surface area contributed by atoms with Crippen molar-refractivity contribution in [1.29, 1.82) is 0 Å². The van der Waals surface area contributed by atoms with Gasteiger partial charge in [0.25, 0.3) is 0 Å². The molecular weight excluding hydrogens is 278 g/mol. The van der Waals surface area contributed by atoms with E-state index in [-0.39, 0.29) is 23.9 Å². The van der Waals surface area contributed by atoms with Gasteiger partial charge in [0.15, 0.2) is 0 Å². The van der Waals surface area contributed by atoms with Crippen LogP contribution in [0.4, 0.5) is 4.79 Å². The summed E-state index contributed by atoms with van der Waals surface area (Å²) in [6.07, 6.45) is 5.70. The predicted octanol–water partition coefficient (Wildman–Crippen LogP) is 1.83. The maximum absolute atomic E-state index is 11.8. The van der Waals surface area contributed by atoms with Gasteiger partial charge in [-0.05, 0) is 30.2 Å². The fraction of sp³-hybridized carbons (Fsp3) is 0.529. The van der Waals surface area contributed by atoms with E-state index in [0.717, 1.165) is 19.3 Å². The van der Waals surface area contributed by atoms with Crippen molar-refractivity contribution in [1.82, 2.24) is 16.0 Å². The Morgan fingerprint density at radius 2 is 1.77 bits per heavy atom. The van der Waals surface area contributed by atoms with Gasteiger partial charge in [0, 0.05) is 13.6 Å². The van der Waals surface area contributed by atoms with E-state index in [0.29, 0.717) is 6.54 Å². The molecule has 1 aromatic carbocycles. The number of likely N-dealkylation sites (N-methyl/N-ethyl adjacent to an activating group) is 1. The summed E-state index contributed by atoms with van der Waals surface area (Å²) in [7, 11) is 1.55. The molecule has 0 aromatic heterocycles. The van der Waals surface area contributed by atoms with E-state index in [9.17, 15) is 9.59 Å². The SMILES string of the molecule is CNC(=O)CNC(=O)NCC1(Cc2ccccc2)CCCC1.